The lowest BCUT2D eigenvalue weighted by Gasteiger charge is -2.26. The summed E-state index contributed by atoms with van der Waals surface area (Å²) >= 11 is 0. The van der Waals surface area contributed by atoms with Crippen molar-refractivity contribution >= 4 is 0 Å². The lowest BCUT2D eigenvalue weighted by molar-refractivity contribution is 0.306. The van der Waals surface area contributed by atoms with Gasteiger partial charge in [0.2, 0.25) is 0 Å². The van der Waals surface area contributed by atoms with Crippen LogP contribution in [0.25, 0.3) is 0 Å². The minimum absolute atomic E-state index is 0.692. The van der Waals surface area contributed by atoms with Crippen molar-refractivity contribution in [2.45, 2.75) is 259 Å². The molecule has 650 valence electrons. The summed E-state index contributed by atoms with van der Waals surface area (Å²) in [5, 5.41) is 0. The molecule has 0 aromatic heterocycles. The molecule has 10 aromatic carbocycles. The molecule has 0 N–H and O–H groups in total. The first kappa shape index (κ1) is 94.7. The topological polar surface area (TPSA) is 46.2 Å². The summed E-state index contributed by atoms with van der Waals surface area (Å²) in [6.45, 7) is 23.4. The Balaban J connectivity index is 0.000000152. The van der Waals surface area contributed by atoms with Crippen molar-refractivity contribution in [3.63, 3.8) is 0 Å². The molecule has 5 aliphatic carbocycles. The van der Waals surface area contributed by atoms with Gasteiger partial charge >= 0.3 is 0 Å². The van der Waals surface area contributed by atoms with Gasteiger partial charge in [-0.2, -0.15) is 0 Å². The Kier molecular flexibility index (Phi) is 39.9. The normalized spacial score (nSPS) is 19.8. The highest BCUT2D eigenvalue weighted by molar-refractivity contribution is 5.51. The van der Waals surface area contributed by atoms with Crippen LogP contribution in [0.3, 0.4) is 0 Å². The molecule has 0 saturated heterocycles. The lowest BCUT2D eigenvalue weighted by Crippen LogP contribution is -2.10. The minimum atomic E-state index is 0.692. The molecule has 5 aliphatic rings. The molecule has 0 aliphatic heterocycles. The summed E-state index contributed by atoms with van der Waals surface area (Å²) in [6.07, 6.45) is 33.8. The average Bonchev–Trinajstić information content (AvgIpc) is 0.866. The number of benzene rings is 10. The van der Waals surface area contributed by atoms with E-state index in [0.29, 0.717) is 6.61 Å². The molecule has 0 radical (unpaired) electrons. The molecule has 5 heteroatoms. The highest BCUT2D eigenvalue weighted by Crippen LogP contribution is 2.40. The standard InChI is InChI=1S/C26H32O.C25H30O.C24H28O.C23H26O.C22H24O/c1-3-4-5-20-27-26-18-12-23(13-19-26)9-8-22-10-16-25(17-11-22)24-14-6-21(2)7-15-24;1-3-4-19-26-25-17-11-22(12-18-25)8-7-21-9-15-24(16-10-21)23-13-5-20(2)6-14-23;1-3-18-25-24-16-10-21(11-17-24)7-6-20-8-14-23(15-9-20)22-12-4-19(2)5-13-22;1-3-24-23-16-10-20(11-17-23)7-6-19-8-14-22(15-9-19)21-12-4-18(2)5-13-21;1-17-3-11-20(12-4-17)21-13-7-18(8-14-21)5-6-19-9-15-22(23-2)16-10-19/h10-13,16-19,21,24H,3-7,14-15,20H2,1-2H3;9-12,15-18,20,23H,3-6,13-14,19H2,1-2H3;8-11,14-17,19,22H,3-5,12-13,18H2,1-2H3;8-11,14-18,21H,3-5,12-13H2,1-2H3;7-10,13-17,20H,3-4,11-12H2,1-2H3. The predicted octanol–water partition coefficient (Wildman–Crippen LogP) is 30.8. The Hall–Kier alpha value is -11.0. The second-order valence-electron chi connectivity index (χ2n) is 36.0. The number of hydrogen-bond donors (Lipinski definition) is 0. The molecular weight excluding hydrogens is 1520 g/mol. The quantitative estimate of drug-likeness (QED) is 0.0562. The molecule has 0 atom stereocenters. The van der Waals surface area contributed by atoms with Crippen LogP contribution in [0.15, 0.2) is 243 Å². The molecule has 125 heavy (non-hydrogen) atoms. The predicted molar refractivity (Wildman–Crippen MR) is 525 cm³/mol. The van der Waals surface area contributed by atoms with Gasteiger partial charge in [0.15, 0.2) is 0 Å². The summed E-state index contributed by atoms with van der Waals surface area (Å²) in [5.41, 5.74) is 17.9. The van der Waals surface area contributed by atoms with E-state index in [-0.39, 0.29) is 0 Å². The number of rotatable bonds is 20. The molecule has 5 nitrogen and oxygen atoms in total. The van der Waals surface area contributed by atoms with E-state index in [0.717, 1.165) is 189 Å². The number of methoxy groups -OCH3 is 1. The Bertz CT molecular complexity index is 5060. The molecule has 5 saturated carbocycles. The van der Waals surface area contributed by atoms with Crippen molar-refractivity contribution in [2.24, 2.45) is 29.6 Å². The molecule has 0 unspecified atom stereocenters. The van der Waals surface area contributed by atoms with Gasteiger partial charge in [-0.15, -0.1) is 0 Å². The van der Waals surface area contributed by atoms with Crippen molar-refractivity contribution in [1.29, 1.82) is 0 Å². The summed E-state index contributed by atoms with van der Waals surface area (Å²) in [4.78, 5) is 0. The Morgan fingerprint density at radius 2 is 0.384 bits per heavy atom. The Labute approximate surface area is 754 Å². The summed E-state index contributed by atoms with van der Waals surface area (Å²) in [7, 11) is 1.68. The highest BCUT2D eigenvalue weighted by atomic mass is 16.5. The van der Waals surface area contributed by atoms with Crippen LogP contribution >= 0.6 is 0 Å². The first-order chi connectivity index (χ1) is 61.2. The maximum Gasteiger partial charge on any atom is 0.119 e. The van der Waals surface area contributed by atoms with Gasteiger partial charge in [0.1, 0.15) is 28.7 Å². The lowest BCUT2D eigenvalue weighted by atomic mass is 9.79. The van der Waals surface area contributed by atoms with Gasteiger partial charge in [0.05, 0.1) is 33.5 Å². The van der Waals surface area contributed by atoms with Crippen LogP contribution in [0.1, 0.15) is 342 Å². The van der Waals surface area contributed by atoms with E-state index >= 15 is 0 Å². The van der Waals surface area contributed by atoms with Gasteiger partial charge in [-0.3, -0.25) is 0 Å². The number of ether oxygens (including phenoxy) is 5. The van der Waals surface area contributed by atoms with Crippen LogP contribution in [-0.2, 0) is 0 Å². The zero-order valence-corrected chi connectivity index (χ0v) is 77.1. The first-order valence-electron chi connectivity index (χ1n) is 47.9. The maximum absolute atomic E-state index is 5.76. The van der Waals surface area contributed by atoms with Gasteiger partial charge < -0.3 is 23.7 Å². The third-order valence-electron chi connectivity index (χ3n) is 25.8. The summed E-state index contributed by atoms with van der Waals surface area (Å²) in [5.74, 6) is 45.3. The van der Waals surface area contributed by atoms with Crippen molar-refractivity contribution in [1.82, 2.24) is 0 Å². The molecule has 0 heterocycles. The van der Waals surface area contributed by atoms with Crippen LogP contribution in [-0.4, -0.2) is 33.5 Å². The van der Waals surface area contributed by atoms with Crippen LogP contribution in [0.4, 0.5) is 0 Å². The molecule has 0 amide bonds. The van der Waals surface area contributed by atoms with Gasteiger partial charge in [-0.25, -0.2) is 0 Å². The molecule has 15 rings (SSSR count). The van der Waals surface area contributed by atoms with Crippen LogP contribution in [0, 0.1) is 88.8 Å². The van der Waals surface area contributed by atoms with Crippen LogP contribution < -0.4 is 23.7 Å². The highest BCUT2D eigenvalue weighted by Gasteiger charge is 2.24. The third-order valence-corrected chi connectivity index (χ3v) is 25.8. The van der Waals surface area contributed by atoms with E-state index in [9.17, 15) is 0 Å². The molecule has 0 spiro atoms. The molecular formula is C120H140O5. The molecule has 0 bridgehead atoms. The van der Waals surface area contributed by atoms with Crippen molar-refractivity contribution in [3.8, 4) is 88.0 Å². The SMILES string of the molecule is CCCCCOc1ccc(C#Cc2ccc(C3CCC(C)CC3)cc2)cc1.CCCCOc1ccc(C#Cc2ccc(C3CCC(C)CC3)cc2)cc1.CCCOc1ccc(C#Cc2ccc(C3CCC(C)CC3)cc2)cc1.CCOc1ccc(C#Cc2ccc(C3CCC(C)CC3)cc2)cc1.COc1ccc(C#Cc2ccc(C3CCC(C)CC3)cc2)cc1. The van der Waals surface area contributed by atoms with Crippen LogP contribution in [0.5, 0.6) is 28.7 Å². The third kappa shape index (κ3) is 33.5. The van der Waals surface area contributed by atoms with E-state index in [4.69, 9.17) is 23.7 Å². The average molecular weight is 1660 g/mol. The van der Waals surface area contributed by atoms with Gasteiger partial charge in [-0.05, 0) is 359 Å². The maximum atomic E-state index is 5.76. The van der Waals surface area contributed by atoms with Crippen molar-refractivity contribution in [2.75, 3.05) is 33.5 Å². The second-order valence-corrected chi connectivity index (χ2v) is 36.0. The van der Waals surface area contributed by atoms with E-state index in [1.807, 2.05) is 128 Å². The Morgan fingerprint density at radius 1 is 0.200 bits per heavy atom. The fourth-order valence-corrected chi connectivity index (χ4v) is 17.4. The van der Waals surface area contributed by atoms with E-state index in [2.05, 4.69) is 236 Å². The van der Waals surface area contributed by atoms with E-state index < -0.39 is 0 Å². The smallest absolute Gasteiger partial charge is 0.119 e. The fraction of sp³-hybridized carbons (Fsp3) is 0.417. The van der Waals surface area contributed by atoms with Gasteiger partial charge in [-0.1, -0.05) is 259 Å². The number of unbranched alkanes of at least 4 members (excludes halogenated alkanes) is 3. The van der Waals surface area contributed by atoms with Crippen molar-refractivity contribution in [3.05, 3.63) is 326 Å². The summed E-state index contributed by atoms with van der Waals surface area (Å²) in [6, 6.07) is 84.4. The fourth-order valence-electron chi connectivity index (χ4n) is 17.4. The Morgan fingerprint density at radius 3 is 0.576 bits per heavy atom. The molecule has 10 aromatic rings. The van der Waals surface area contributed by atoms with E-state index in [1.54, 1.807) is 7.11 Å². The largest absolute Gasteiger partial charge is 0.497 e. The molecule has 5 fully saturated rings. The zero-order valence-electron chi connectivity index (χ0n) is 77.1. The van der Waals surface area contributed by atoms with Gasteiger partial charge in [0, 0.05) is 55.6 Å². The monoisotopic (exact) mass is 1660 g/mol. The number of hydrogen-bond acceptors (Lipinski definition) is 5. The van der Waals surface area contributed by atoms with E-state index in [1.165, 1.54) is 169 Å². The van der Waals surface area contributed by atoms with Gasteiger partial charge in [0.25, 0.3) is 0 Å². The van der Waals surface area contributed by atoms with Crippen molar-refractivity contribution < 1.29 is 23.7 Å². The summed E-state index contributed by atoms with van der Waals surface area (Å²) < 4.78 is 27.7. The minimum Gasteiger partial charge on any atom is -0.497 e. The zero-order chi connectivity index (χ0) is 87.4. The second kappa shape index (κ2) is 52.7. The van der Waals surface area contributed by atoms with Crippen LogP contribution in [0.2, 0.25) is 0 Å². The first-order valence-corrected chi connectivity index (χ1v) is 47.9.